The van der Waals surface area contributed by atoms with Gasteiger partial charge in [-0.2, -0.15) is 13.2 Å². The molecule has 2 heterocycles. The summed E-state index contributed by atoms with van der Waals surface area (Å²) in [5, 5.41) is 9.48. The Morgan fingerprint density at radius 1 is 1.21 bits per heavy atom. The van der Waals surface area contributed by atoms with Gasteiger partial charge in [0.2, 0.25) is 5.88 Å². The van der Waals surface area contributed by atoms with E-state index in [-0.39, 0.29) is 18.0 Å². The molecule has 3 rings (SSSR count). The van der Waals surface area contributed by atoms with Gasteiger partial charge in [0.1, 0.15) is 12.1 Å². The van der Waals surface area contributed by atoms with Crippen molar-refractivity contribution in [3.8, 4) is 11.6 Å². The summed E-state index contributed by atoms with van der Waals surface area (Å²) in [6.07, 6.45) is -4.08. The van der Waals surface area contributed by atoms with E-state index in [1.807, 2.05) is 37.3 Å². The molecule has 1 N–H and O–H groups in total. The topological polar surface area (TPSA) is 73.6 Å². The van der Waals surface area contributed by atoms with E-state index in [1.54, 1.807) is 6.07 Å². The lowest BCUT2D eigenvalue weighted by atomic mass is 10.2. The quantitative estimate of drug-likeness (QED) is 0.629. The number of carboxylic acid groups (broad SMARTS) is 1. The number of aryl methyl sites for hydroxylation is 2. The van der Waals surface area contributed by atoms with Crippen molar-refractivity contribution in [1.29, 1.82) is 0 Å². The molecule has 1 aromatic carbocycles. The molecule has 29 heavy (non-hydrogen) atoms. The average molecular weight is 408 g/mol. The highest BCUT2D eigenvalue weighted by Crippen LogP contribution is 2.35. The molecule has 0 bridgehead atoms. The third-order valence-electron chi connectivity index (χ3n) is 4.35. The number of hydrogen-bond donors (Lipinski definition) is 1. The maximum Gasteiger partial charge on any atom is 0.422 e. The largest absolute Gasteiger partial charge is 0.479 e. The molecule has 0 amide bonds. The van der Waals surface area contributed by atoms with Gasteiger partial charge in [0.15, 0.2) is 18.1 Å². The number of alkyl halides is 3. The van der Waals surface area contributed by atoms with Gasteiger partial charge in [-0.3, -0.25) is 0 Å². The Balaban J connectivity index is 2.07. The van der Waals surface area contributed by atoms with Gasteiger partial charge in [-0.05, 0) is 18.1 Å². The fourth-order valence-electron chi connectivity index (χ4n) is 2.97. The van der Waals surface area contributed by atoms with Gasteiger partial charge in [-0.1, -0.05) is 37.3 Å². The molecule has 6 nitrogen and oxygen atoms in total. The van der Waals surface area contributed by atoms with E-state index >= 15 is 0 Å². The highest BCUT2D eigenvalue weighted by Gasteiger charge is 2.32. The summed E-state index contributed by atoms with van der Waals surface area (Å²) in [6.45, 7) is 0.466. The molecule has 0 spiro atoms. The Kier molecular flexibility index (Phi) is 5.67. The van der Waals surface area contributed by atoms with Crippen molar-refractivity contribution in [3.63, 3.8) is 0 Å². The number of carbonyl (C=O) groups is 1. The summed E-state index contributed by atoms with van der Waals surface area (Å²) >= 11 is 0. The van der Waals surface area contributed by atoms with Gasteiger partial charge in [-0.25, -0.2) is 9.78 Å². The Labute approximate surface area is 164 Å². The second-order valence-corrected chi connectivity index (χ2v) is 6.39. The predicted molar refractivity (Wildman–Crippen MR) is 99.4 cm³/mol. The number of carboxylic acids is 1. The van der Waals surface area contributed by atoms with Gasteiger partial charge < -0.3 is 19.1 Å². The Morgan fingerprint density at radius 3 is 2.48 bits per heavy atom. The highest BCUT2D eigenvalue weighted by molar-refractivity contribution is 5.99. The standard InChI is InChI=1S/C20H19F3N2O4/c1-3-13-9-14-15(24-18(13)28-10-12-7-5-4-6-8-12)17(29-11-20(21,22)23)16(19(26)27)25(14)2/h4-9H,3,10-11H2,1-2H3,(H,26,27). The van der Waals surface area contributed by atoms with Crippen LogP contribution in [0.4, 0.5) is 13.2 Å². The number of ether oxygens (including phenoxy) is 2. The number of rotatable bonds is 7. The van der Waals surface area contributed by atoms with Crippen LogP contribution in [0.15, 0.2) is 36.4 Å². The number of halogens is 3. The molecule has 0 aliphatic heterocycles. The lowest BCUT2D eigenvalue weighted by Gasteiger charge is -2.11. The molecule has 2 aromatic heterocycles. The van der Waals surface area contributed by atoms with Crippen molar-refractivity contribution in [1.82, 2.24) is 9.55 Å². The molecular weight excluding hydrogens is 389 g/mol. The lowest BCUT2D eigenvalue weighted by molar-refractivity contribution is -0.153. The number of aromatic carboxylic acids is 1. The van der Waals surface area contributed by atoms with E-state index < -0.39 is 30.2 Å². The Bertz CT molecular complexity index is 1030. The third-order valence-corrected chi connectivity index (χ3v) is 4.35. The zero-order valence-corrected chi connectivity index (χ0v) is 15.8. The minimum atomic E-state index is -4.62. The first-order valence-corrected chi connectivity index (χ1v) is 8.83. The monoisotopic (exact) mass is 408 g/mol. The maximum atomic E-state index is 12.7. The number of nitrogens with zero attached hydrogens (tertiary/aromatic N) is 2. The normalized spacial score (nSPS) is 11.6. The predicted octanol–water partition coefficient (Wildman–Crippen LogP) is 4.35. The number of pyridine rings is 1. The van der Waals surface area contributed by atoms with Crippen LogP contribution in [0.25, 0.3) is 11.0 Å². The smallest absolute Gasteiger partial charge is 0.422 e. The fourth-order valence-corrected chi connectivity index (χ4v) is 2.97. The molecule has 154 valence electrons. The second-order valence-electron chi connectivity index (χ2n) is 6.39. The van der Waals surface area contributed by atoms with Crippen LogP contribution in [0.3, 0.4) is 0 Å². The third kappa shape index (κ3) is 4.44. The van der Waals surface area contributed by atoms with Gasteiger partial charge >= 0.3 is 12.1 Å². The first kappa shape index (κ1) is 20.5. The van der Waals surface area contributed by atoms with Crippen LogP contribution in [-0.2, 0) is 20.1 Å². The van der Waals surface area contributed by atoms with Crippen LogP contribution in [0.5, 0.6) is 11.6 Å². The molecule has 0 saturated carbocycles. The molecule has 0 aliphatic rings. The van der Waals surface area contributed by atoms with Crippen LogP contribution in [0.2, 0.25) is 0 Å². The number of benzene rings is 1. The molecule has 0 unspecified atom stereocenters. The van der Waals surface area contributed by atoms with Crippen LogP contribution >= 0.6 is 0 Å². The van der Waals surface area contributed by atoms with Crippen molar-refractivity contribution in [2.24, 2.45) is 7.05 Å². The zero-order chi connectivity index (χ0) is 21.2. The molecule has 0 saturated heterocycles. The second kappa shape index (κ2) is 8.02. The number of aromatic nitrogens is 2. The summed E-state index contributed by atoms with van der Waals surface area (Å²) in [4.78, 5) is 16.0. The van der Waals surface area contributed by atoms with Crippen LogP contribution < -0.4 is 9.47 Å². The summed E-state index contributed by atoms with van der Waals surface area (Å²) in [5.74, 6) is -1.62. The molecule has 0 fully saturated rings. The van der Waals surface area contributed by atoms with Crippen molar-refractivity contribution >= 4 is 17.0 Å². The van der Waals surface area contributed by atoms with Gasteiger partial charge in [0.25, 0.3) is 0 Å². The Hall–Kier alpha value is -3.23. The summed E-state index contributed by atoms with van der Waals surface area (Å²) in [7, 11) is 1.44. The minimum absolute atomic E-state index is 0.00871. The van der Waals surface area contributed by atoms with Gasteiger partial charge in [0, 0.05) is 12.6 Å². The lowest BCUT2D eigenvalue weighted by Crippen LogP contribution is -2.20. The van der Waals surface area contributed by atoms with Crippen molar-refractivity contribution in [2.45, 2.75) is 26.1 Å². The molecule has 0 aliphatic carbocycles. The van der Waals surface area contributed by atoms with E-state index in [1.165, 1.54) is 11.6 Å². The summed E-state index contributed by atoms with van der Waals surface area (Å²) in [5.41, 5.74) is 1.55. The summed E-state index contributed by atoms with van der Waals surface area (Å²) < 4.78 is 49.9. The SMILES string of the molecule is CCc1cc2c(nc1OCc1ccccc1)c(OCC(F)(F)F)c(C(=O)O)n2C. The minimum Gasteiger partial charge on any atom is -0.479 e. The van der Waals surface area contributed by atoms with Crippen molar-refractivity contribution < 1.29 is 32.5 Å². The zero-order valence-electron chi connectivity index (χ0n) is 15.8. The Morgan fingerprint density at radius 2 is 1.90 bits per heavy atom. The average Bonchev–Trinajstić information content (AvgIpc) is 2.95. The van der Waals surface area contributed by atoms with E-state index in [0.29, 0.717) is 17.5 Å². The van der Waals surface area contributed by atoms with Crippen molar-refractivity contribution in [2.75, 3.05) is 6.61 Å². The molecular formula is C20H19F3N2O4. The van der Waals surface area contributed by atoms with Crippen molar-refractivity contribution in [3.05, 3.63) is 53.2 Å². The fraction of sp³-hybridized carbons (Fsp3) is 0.300. The molecule has 3 aromatic rings. The van der Waals surface area contributed by atoms with E-state index in [4.69, 9.17) is 9.47 Å². The van der Waals surface area contributed by atoms with Crippen LogP contribution in [0, 0.1) is 0 Å². The maximum absolute atomic E-state index is 12.7. The first-order chi connectivity index (χ1) is 13.7. The summed E-state index contributed by atoms with van der Waals surface area (Å²) in [6, 6.07) is 11.0. The van der Waals surface area contributed by atoms with E-state index in [9.17, 15) is 23.1 Å². The molecule has 9 heteroatoms. The van der Waals surface area contributed by atoms with Crippen LogP contribution in [0.1, 0.15) is 28.5 Å². The highest BCUT2D eigenvalue weighted by atomic mass is 19.4. The van der Waals surface area contributed by atoms with Crippen LogP contribution in [-0.4, -0.2) is 33.4 Å². The number of fused-ring (bicyclic) bond motifs is 1. The molecule has 0 radical (unpaired) electrons. The van der Waals surface area contributed by atoms with E-state index in [0.717, 1.165) is 5.56 Å². The molecule has 0 atom stereocenters. The van der Waals surface area contributed by atoms with Gasteiger partial charge in [0.05, 0.1) is 5.52 Å². The van der Waals surface area contributed by atoms with Gasteiger partial charge in [-0.15, -0.1) is 0 Å². The number of hydrogen-bond acceptors (Lipinski definition) is 4. The van der Waals surface area contributed by atoms with E-state index in [2.05, 4.69) is 4.98 Å². The first-order valence-electron chi connectivity index (χ1n) is 8.83.